The van der Waals surface area contributed by atoms with Gasteiger partial charge < -0.3 is 10.1 Å². The highest BCUT2D eigenvalue weighted by Gasteiger charge is 2.18. The Kier molecular flexibility index (Phi) is 3.48. The third kappa shape index (κ3) is 2.44. The second-order valence-corrected chi connectivity index (χ2v) is 5.55. The third-order valence-corrected chi connectivity index (χ3v) is 4.09. The van der Waals surface area contributed by atoms with Gasteiger partial charge in [-0.25, -0.2) is 4.98 Å². The van der Waals surface area contributed by atoms with Crippen LogP contribution in [0, 0.1) is 0 Å². The zero-order valence-corrected chi connectivity index (χ0v) is 12.2. The summed E-state index contributed by atoms with van der Waals surface area (Å²) >= 11 is 0. The Morgan fingerprint density at radius 1 is 1.09 bits per heavy atom. The minimum absolute atomic E-state index is 0.408. The number of pyridine rings is 1. The lowest BCUT2D eigenvalue weighted by atomic mass is 10.1. The van der Waals surface area contributed by atoms with Crippen molar-refractivity contribution in [3.05, 3.63) is 42.6 Å². The SMILES string of the molecule is c1ccc(-c2n[nH]c3ccnc(NC4CCOCC4)c23)cc1. The molecule has 1 aliphatic heterocycles. The van der Waals surface area contributed by atoms with Crippen molar-refractivity contribution in [3.8, 4) is 11.3 Å². The molecule has 5 heteroatoms. The van der Waals surface area contributed by atoms with Gasteiger partial charge in [-0.2, -0.15) is 5.10 Å². The molecular formula is C17H18N4O. The van der Waals surface area contributed by atoms with Crippen molar-refractivity contribution in [2.45, 2.75) is 18.9 Å². The van der Waals surface area contributed by atoms with Gasteiger partial charge in [-0.3, -0.25) is 5.10 Å². The molecule has 0 radical (unpaired) electrons. The van der Waals surface area contributed by atoms with Crippen molar-refractivity contribution in [2.75, 3.05) is 18.5 Å². The van der Waals surface area contributed by atoms with E-state index in [0.717, 1.165) is 54.0 Å². The van der Waals surface area contributed by atoms with Crippen molar-refractivity contribution in [3.63, 3.8) is 0 Å². The summed E-state index contributed by atoms with van der Waals surface area (Å²) in [5.74, 6) is 0.900. The molecule has 1 aliphatic rings. The number of aromatic nitrogens is 3. The van der Waals surface area contributed by atoms with Crippen molar-refractivity contribution >= 4 is 16.7 Å². The van der Waals surface area contributed by atoms with Crippen molar-refractivity contribution in [1.82, 2.24) is 15.2 Å². The smallest absolute Gasteiger partial charge is 0.137 e. The van der Waals surface area contributed by atoms with Crippen LogP contribution in [-0.2, 0) is 4.74 Å². The van der Waals surface area contributed by atoms with Crippen LogP contribution in [0.1, 0.15) is 12.8 Å². The Hall–Kier alpha value is -2.40. The fraction of sp³-hybridized carbons (Fsp3) is 0.294. The summed E-state index contributed by atoms with van der Waals surface area (Å²) in [5, 5.41) is 12.2. The van der Waals surface area contributed by atoms with E-state index >= 15 is 0 Å². The maximum absolute atomic E-state index is 5.42. The van der Waals surface area contributed by atoms with Gasteiger partial charge in [0.2, 0.25) is 0 Å². The lowest BCUT2D eigenvalue weighted by Gasteiger charge is -2.24. The van der Waals surface area contributed by atoms with Crippen LogP contribution in [0.3, 0.4) is 0 Å². The van der Waals surface area contributed by atoms with Crippen LogP contribution >= 0.6 is 0 Å². The molecule has 0 atom stereocenters. The first-order chi connectivity index (χ1) is 10.9. The van der Waals surface area contributed by atoms with Crippen LogP contribution < -0.4 is 5.32 Å². The molecule has 3 heterocycles. The number of H-pyrrole nitrogens is 1. The number of aromatic amines is 1. The molecule has 1 aromatic carbocycles. The maximum atomic E-state index is 5.42. The van der Waals surface area contributed by atoms with E-state index in [-0.39, 0.29) is 0 Å². The monoisotopic (exact) mass is 294 g/mol. The predicted molar refractivity (Wildman–Crippen MR) is 86.8 cm³/mol. The van der Waals surface area contributed by atoms with E-state index in [1.165, 1.54) is 0 Å². The maximum Gasteiger partial charge on any atom is 0.137 e. The zero-order chi connectivity index (χ0) is 14.8. The molecule has 1 fully saturated rings. The normalized spacial score (nSPS) is 16.0. The van der Waals surface area contributed by atoms with Crippen LogP contribution in [0.2, 0.25) is 0 Å². The molecular weight excluding hydrogens is 276 g/mol. The lowest BCUT2D eigenvalue weighted by Crippen LogP contribution is -2.28. The largest absolute Gasteiger partial charge is 0.381 e. The first-order valence-electron chi connectivity index (χ1n) is 7.64. The highest BCUT2D eigenvalue weighted by molar-refractivity contribution is 6.00. The average molecular weight is 294 g/mol. The second kappa shape index (κ2) is 5.77. The van der Waals surface area contributed by atoms with Gasteiger partial charge in [0.05, 0.1) is 10.9 Å². The molecule has 0 bridgehead atoms. The number of nitrogens with zero attached hydrogens (tertiary/aromatic N) is 2. The number of nitrogens with one attached hydrogen (secondary N) is 2. The van der Waals surface area contributed by atoms with E-state index in [0.29, 0.717) is 6.04 Å². The van der Waals surface area contributed by atoms with Crippen molar-refractivity contribution in [1.29, 1.82) is 0 Å². The van der Waals surface area contributed by atoms with Crippen molar-refractivity contribution in [2.24, 2.45) is 0 Å². The zero-order valence-electron chi connectivity index (χ0n) is 12.2. The molecule has 5 nitrogen and oxygen atoms in total. The molecule has 2 aromatic heterocycles. The Labute approximate surface area is 128 Å². The van der Waals surface area contributed by atoms with Crippen LogP contribution in [0.5, 0.6) is 0 Å². The molecule has 112 valence electrons. The number of hydrogen-bond acceptors (Lipinski definition) is 4. The summed E-state index contributed by atoms with van der Waals surface area (Å²) in [7, 11) is 0. The fourth-order valence-corrected chi connectivity index (χ4v) is 2.92. The van der Waals surface area contributed by atoms with Gasteiger partial charge >= 0.3 is 0 Å². The van der Waals surface area contributed by atoms with Crippen LogP contribution in [-0.4, -0.2) is 34.4 Å². The summed E-state index contributed by atoms with van der Waals surface area (Å²) in [5.41, 5.74) is 3.04. The molecule has 0 aliphatic carbocycles. The van der Waals surface area contributed by atoms with E-state index in [9.17, 15) is 0 Å². The van der Waals surface area contributed by atoms with Crippen LogP contribution in [0.4, 0.5) is 5.82 Å². The quantitative estimate of drug-likeness (QED) is 0.778. The van der Waals surface area contributed by atoms with Crippen LogP contribution in [0.25, 0.3) is 22.2 Å². The van der Waals surface area contributed by atoms with Crippen molar-refractivity contribution < 1.29 is 4.74 Å². The molecule has 3 aromatic rings. The van der Waals surface area contributed by atoms with Gasteiger partial charge in [-0.15, -0.1) is 0 Å². The van der Waals surface area contributed by atoms with Gasteiger partial charge in [0.15, 0.2) is 0 Å². The number of fused-ring (bicyclic) bond motifs is 1. The minimum atomic E-state index is 0.408. The molecule has 22 heavy (non-hydrogen) atoms. The standard InChI is InChI=1S/C17H18N4O/c1-2-4-12(5-3-1)16-15-14(20-21-16)6-9-18-17(15)19-13-7-10-22-11-8-13/h1-6,9,13H,7-8,10-11H2,(H,18,19)(H,20,21). The number of anilines is 1. The molecule has 4 rings (SSSR count). The summed E-state index contributed by atoms with van der Waals surface area (Å²) in [6.07, 6.45) is 3.84. The first kappa shape index (κ1) is 13.3. The van der Waals surface area contributed by atoms with Gasteiger partial charge in [-0.05, 0) is 18.9 Å². The molecule has 0 unspecified atom stereocenters. The fourth-order valence-electron chi connectivity index (χ4n) is 2.92. The van der Waals surface area contributed by atoms with E-state index in [1.807, 2.05) is 30.5 Å². The Morgan fingerprint density at radius 2 is 1.91 bits per heavy atom. The van der Waals surface area contributed by atoms with Crippen LogP contribution in [0.15, 0.2) is 42.6 Å². The summed E-state index contributed by atoms with van der Waals surface area (Å²) in [6.45, 7) is 1.62. The average Bonchev–Trinajstić information content (AvgIpc) is 3.02. The minimum Gasteiger partial charge on any atom is -0.381 e. The third-order valence-electron chi connectivity index (χ3n) is 4.09. The van der Waals surface area contributed by atoms with E-state index in [1.54, 1.807) is 0 Å². The first-order valence-corrected chi connectivity index (χ1v) is 7.64. The van der Waals surface area contributed by atoms with Gasteiger partial charge in [0.25, 0.3) is 0 Å². The Bertz CT molecular complexity index is 763. The number of hydrogen-bond donors (Lipinski definition) is 2. The number of rotatable bonds is 3. The molecule has 0 amide bonds. The second-order valence-electron chi connectivity index (χ2n) is 5.55. The highest BCUT2D eigenvalue weighted by atomic mass is 16.5. The number of ether oxygens (including phenoxy) is 1. The predicted octanol–water partition coefficient (Wildman–Crippen LogP) is 3.22. The Balaban J connectivity index is 1.76. The lowest BCUT2D eigenvalue weighted by molar-refractivity contribution is 0.0904. The summed E-state index contributed by atoms with van der Waals surface area (Å²) in [4.78, 5) is 4.55. The van der Waals surface area contributed by atoms with E-state index < -0.39 is 0 Å². The van der Waals surface area contributed by atoms with E-state index in [4.69, 9.17) is 4.74 Å². The van der Waals surface area contributed by atoms with Gasteiger partial charge in [0, 0.05) is 31.0 Å². The van der Waals surface area contributed by atoms with E-state index in [2.05, 4.69) is 32.6 Å². The highest BCUT2D eigenvalue weighted by Crippen LogP contribution is 2.31. The topological polar surface area (TPSA) is 62.8 Å². The van der Waals surface area contributed by atoms with Gasteiger partial charge in [-0.1, -0.05) is 30.3 Å². The Morgan fingerprint density at radius 3 is 2.73 bits per heavy atom. The molecule has 2 N–H and O–H groups in total. The molecule has 1 saturated heterocycles. The summed E-state index contributed by atoms with van der Waals surface area (Å²) < 4.78 is 5.42. The molecule has 0 saturated carbocycles. The molecule has 0 spiro atoms. The summed E-state index contributed by atoms with van der Waals surface area (Å²) in [6, 6.07) is 12.6. The van der Waals surface area contributed by atoms with Gasteiger partial charge in [0.1, 0.15) is 11.5 Å². The number of benzene rings is 1.